The molecule has 0 spiro atoms. The molecule has 2 fully saturated rings. The van der Waals surface area contributed by atoms with E-state index in [2.05, 4.69) is 20.3 Å². The summed E-state index contributed by atoms with van der Waals surface area (Å²) in [6, 6.07) is 11.3. The van der Waals surface area contributed by atoms with Gasteiger partial charge in [-0.25, -0.2) is 4.98 Å². The summed E-state index contributed by atoms with van der Waals surface area (Å²) in [5, 5.41) is 18.5. The number of hydrogen-bond donors (Lipinski definition) is 2. The number of halogens is 1. The van der Waals surface area contributed by atoms with Gasteiger partial charge in [0.05, 0.1) is 12.5 Å². The third-order valence-electron chi connectivity index (χ3n) is 10.0. The van der Waals surface area contributed by atoms with E-state index in [-0.39, 0.29) is 39.7 Å². The van der Waals surface area contributed by atoms with Crippen LogP contribution < -0.4 is 15.5 Å². The van der Waals surface area contributed by atoms with Crippen LogP contribution in [0.4, 0.5) is 0 Å². The number of nitrogens with zero attached hydrogens (tertiary/aromatic N) is 4. The summed E-state index contributed by atoms with van der Waals surface area (Å²) >= 11 is 6.14. The molecule has 4 aromatic rings. The lowest BCUT2D eigenvalue weighted by molar-refractivity contribution is 0.0104. The lowest BCUT2D eigenvalue weighted by Gasteiger charge is -2.48. The molecule has 2 aromatic heterocycles. The second kappa shape index (κ2) is 14.3. The number of piperidine rings is 1. The van der Waals surface area contributed by atoms with Gasteiger partial charge in [0.15, 0.2) is 22.7 Å². The summed E-state index contributed by atoms with van der Waals surface area (Å²) in [4.78, 5) is 33.1. The van der Waals surface area contributed by atoms with Crippen LogP contribution in [0.3, 0.4) is 0 Å². The van der Waals surface area contributed by atoms with Crippen molar-refractivity contribution in [1.29, 1.82) is 0 Å². The van der Waals surface area contributed by atoms with Crippen LogP contribution in [0.5, 0.6) is 11.5 Å². The SMILES string of the molecule is COc1cc2oc(C(=O)N[C@H](CCN3CCC(Cn4cncn4)(C4CCCCC4)CC3)Cc3ccc(Cl)cc3)cc(=O)c2cc1O. The molecule has 1 aliphatic carbocycles. The summed E-state index contributed by atoms with van der Waals surface area (Å²) in [6.45, 7) is 3.76. The molecule has 1 atom stereocenters. The van der Waals surface area contributed by atoms with Crippen molar-refractivity contribution >= 4 is 28.5 Å². The number of nitrogens with one attached hydrogen (secondary N) is 1. The summed E-state index contributed by atoms with van der Waals surface area (Å²) in [7, 11) is 1.41. The highest BCUT2D eigenvalue weighted by Crippen LogP contribution is 2.47. The number of rotatable bonds is 11. The van der Waals surface area contributed by atoms with Crippen molar-refractivity contribution < 1.29 is 19.1 Å². The minimum absolute atomic E-state index is 0.0882. The molecule has 10 nitrogen and oxygen atoms in total. The highest BCUT2D eigenvalue weighted by molar-refractivity contribution is 6.30. The van der Waals surface area contributed by atoms with Crippen molar-refractivity contribution in [3.05, 3.63) is 81.7 Å². The quantitative estimate of drug-likeness (QED) is 0.208. The van der Waals surface area contributed by atoms with Crippen molar-refractivity contribution in [3.63, 3.8) is 0 Å². The van der Waals surface area contributed by atoms with Gasteiger partial charge in [-0.2, -0.15) is 5.10 Å². The summed E-state index contributed by atoms with van der Waals surface area (Å²) in [6.07, 6.45) is 13.6. The number of phenols is 1. The Labute approximate surface area is 273 Å². The number of amides is 1. The highest BCUT2D eigenvalue weighted by Gasteiger charge is 2.42. The van der Waals surface area contributed by atoms with E-state index in [0.29, 0.717) is 17.4 Å². The molecule has 1 saturated carbocycles. The molecule has 1 aliphatic heterocycles. The number of aromatic nitrogens is 3. The maximum atomic E-state index is 13.5. The Bertz CT molecular complexity index is 1680. The van der Waals surface area contributed by atoms with Crippen LogP contribution in [0, 0.1) is 11.3 Å². The molecule has 0 radical (unpaired) electrons. The number of carbonyl (C=O) groups excluding carboxylic acids is 1. The first-order valence-corrected chi connectivity index (χ1v) is 16.6. The van der Waals surface area contributed by atoms with Crippen LogP contribution in [0.2, 0.25) is 5.02 Å². The standard InChI is InChI=1S/C35H42ClN5O5/c1-45-32-20-31-28(18-30(32)43)29(42)19-33(46-31)34(44)39-27(17-24-7-9-26(36)10-8-24)11-14-40-15-12-35(13-16-40,21-41-23-37-22-38-41)25-5-3-2-4-6-25/h7-10,18-20,22-23,25,27,43H,2-6,11-17,21H2,1H3,(H,39,44)/t27-/m1/s1. The van der Waals surface area contributed by atoms with Crippen molar-refractivity contribution in [2.24, 2.45) is 11.3 Å². The normalized spacial score (nSPS) is 18.0. The first-order chi connectivity index (χ1) is 22.3. The largest absolute Gasteiger partial charge is 0.504 e. The van der Waals surface area contributed by atoms with Gasteiger partial charge in [-0.15, -0.1) is 0 Å². The lowest BCUT2D eigenvalue weighted by Crippen LogP contribution is -2.48. The molecule has 11 heteroatoms. The summed E-state index contributed by atoms with van der Waals surface area (Å²) in [5.41, 5.74) is 1.04. The minimum Gasteiger partial charge on any atom is -0.504 e. The van der Waals surface area contributed by atoms with Crippen LogP contribution in [0.15, 0.2) is 64.3 Å². The van der Waals surface area contributed by atoms with Gasteiger partial charge in [-0.1, -0.05) is 43.0 Å². The van der Waals surface area contributed by atoms with Gasteiger partial charge < -0.3 is 24.5 Å². The number of hydrogen-bond acceptors (Lipinski definition) is 8. The molecule has 0 bridgehead atoms. The minimum atomic E-state index is -0.465. The van der Waals surface area contributed by atoms with E-state index in [1.54, 1.807) is 6.33 Å². The van der Waals surface area contributed by atoms with Gasteiger partial charge in [-0.05, 0) is 86.7 Å². The molecule has 2 aliphatic rings. The predicted molar refractivity (Wildman–Crippen MR) is 176 cm³/mol. The average molecular weight is 648 g/mol. The van der Waals surface area contributed by atoms with Gasteiger partial charge >= 0.3 is 0 Å². The Morgan fingerprint density at radius 3 is 2.61 bits per heavy atom. The van der Waals surface area contributed by atoms with Crippen molar-refractivity contribution in [2.45, 2.75) is 70.4 Å². The van der Waals surface area contributed by atoms with Crippen molar-refractivity contribution in [3.8, 4) is 11.5 Å². The van der Waals surface area contributed by atoms with Crippen molar-refractivity contribution in [1.82, 2.24) is 25.0 Å². The molecular weight excluding hydrogens is 606 g/mol. The number of likely N-dealkylation sites (tertiary alicyclic amines) is 1. The average Bonchev–Trinajstić information content (AvgIpc) is 3.58. The molecule has 2 N–H and O–H groups in total. The fraction of sp³-hybridized carbons (Fsp3) is 0.486. The molecule has 2 aromatic carbocycles. The van der Waals surface area contributed by atoms with Crippen molar-refractivity contribution in [2.75, 3.05) is 26.7 Å². The Morgan fingerprint density at radius 2 is 1.91 bits per heavy atom. The molecule has 1 saturated heterocycles. The van der Waals surface area contributed by atoms with Crippen LogP contribution >= 0.6 is 11.6 Å². The molecule has 3 heterocycles. The first kappa shape index (κ1) is 32.1. The Morgan fingerprint density at radius 1 is 1.15 bits per heavy atom. The van der Waals surface area contributed by atoms with E-state index in [1.807, 2.05) is 35.3 Å². The molecule has 0 unspecified atom stereocenters. The van der Waals surface area contributed by atoms with Crippen LogP contribution in [-0.2, 0) is 13.0 Å². The molecule has 244 valence electrons. The topological polar surface area (TPSA) is 123 Å². The van der Waals surface area contributed by atoms with Gasteiger partial charge in [0.2, 0.25) is 0 Å². The number of carbonyl (C=O) groups is 1. The zero-order chi connectivity index (χ0) is 32.1. The van der Waals surface area contributed by atoms with E-state index in [9.17, 15) is 14.7 Å². The smallest absolute Gasteiger partial charge is 0.287 e. The van der Waals surface area contributed by atoms with E-state index >= 15 is 0 Å². The van der Waals surface area contributed by atoms with Gasteiger partial charge in [-0.3, -0.25) is 14.3 Å². The van der Waals surface area contributed by atoms with E-state index in [1.165, 1.54) is 57.4 Å². The summed E-state index contributed by atoms with van der Waals surface area (Å²) < 4.78 is 13.0. The van der Waals surface area contributed by atoms with Gasteiger partial charge in [0.1, 0.15) is 18.2 Å². The molecule has 6 rings (SSSR count). The van der Waals surface area contributed by atoms with Crippen LogP contribution in [-0.4, -0.2) is 63.5 Å². The maximum absolute atomic E-state index is 13.5. The zero-order valence-electron chi connectivity index (χ0n) is 26.3. The highest BCUT2D eigenvalue weighted by atomic mass is 35.5. The fourth-order valence-electron chi connectivity index (χ4n) is 7.44. The number of benzene rings is 2. The number of ether oxygens (including phenoxy) is 1. The summed E-state index contributed by atoms with van der Waals surface area (Å²) in [5.74, 6) is 0.145. The van der Waals surface area contributed by atoms with Crippen LogP contribution in [0.25, 0.3) is 11.0 Å². The molecule has 1 amide bonds. The van der Waals surface area contributed by atoms with E-state index in [4.69, 9.17) is 20.8 Å². The number of phenolic OH excluding ortho intramolecular Hbond substituents is 1. The van der Waals surface area contributed by atoms with E-state index in [0.717, 1.165) is 51.0 Å². The van der Waals surface area contributed by atoms with Gasteiger partial charge in [0.25, 0.3) is 5.91 Å². The number of aromatic hydroxyl groups is 1. The second-order valence-corrected chi connectivity index (χ2v) is 13.4. The molecular formula is C35H42ClN5O5. The predicted octanol–water partition coefficient (Wildman–Crippen LogP) is 5.85. The fourth-order valence-corrected chi connectivity index (χ4v) is 7.57. The lowest BCUT2D eigenvalue weighted by atomic mass is 9.63. The second-order valence-electron chi connectivity index (χ2n) is 12.9. The number of methoxy groups -OCH3 is 1. The maximum Gasteiger partial charge on any atom is 0.287 e. The third kappa shape index (κ3) is 7.39. The third-order valence-corrected chi connectivity index (χ3v) is 10.3. The van der Waals surface area contributed by atoms with E-state index < -0.39 is 11.3 Å². The van der Waals surface area contributed by atoms with Gasteiger partial charge in [0, 0.05) is 36.3 Å². The Kier molecular flexibility index (Phi) is 9.94. The zero-order valence-corrected chi connectivity index (χ0v) is 27.0. The number of fused-ring (bicyclic) bond motifs is 1. The monoisotopic (exact) mass is 647 g/mol. The first-order valence-electron chi connectivity index (χ1n) is 16.3. The van der Waals surface area contributed by atoms with Crippen LogP contribution in [0.1, 0.15) is 67.5 Å². The molecule has 46 heavy (non-hydrogen) atoms. The Balaban J connectivity index is 1.15. The Hall–Kier alpha value is -3.89.